The van der Waals surface area contributed by atoms with Gasteiger partial charge in [-0.1, -0.05) is 20.0 Å². The quantitative estimate of drug-likeness (QED) is 0.484. The van der Waals surface area contributed by atoms with Gasteiger partial charge in [0.15, 0.2) is 0 Å². The van der Waals surface area contributed by atoms with Crippen LogP contribution in [0, 0.1) is 5.41 Å². The summed E-state index contributed by atoms with van der Waals surface area (Å²) in [7, 11) is -0.412. The SMILES string of the molecule is CCC1(COCC[SiH](C)C)COC1. The minimum Gasteiger partial charge on any atom is -0.381 e. The molecule has 0 radical (unpaired) electrons. The largest absolute Gasteiger partial charge is 0.381 e. The lowest BCUT2D eigenvalue weighted by molar-refractivity contribution is -0.149. The maximum Gasteiger partial charge on any atom is 0.0566 e. The average Bonchev–Trinajstić information content (AvgIpc) is 2.01. The van der Waals surface area contributed by atoms with Crippen molar-refractivity contribution < 1.29 is 9.47 Å². The van der Waals surface area contributed by atoms with Gasteiger partial charge in [0.25, 0.3) is 0 Å². The summed E-state index contributed by atoms with van der Waals surface area (Å²) in [4.78, 5) is 0. The van der Waals surface area contributed by atoms with E-state index < -0.39 is 8.80 Å². The lowest BCUT2D eigenvalue weighted by Gasteiger charge is -2.40. The van der Waals surface area contributed by atoms with Gasteiger partial charge in [0.05, 0.1) is 19.8 Å². The molecule has 0 aromatic rings. The van der Waals surface area contributed by atoms with E-state index in [2.05, 4.69) is 20.0 Å². The molecule has 0 saturated carbocycles. The smallest absolute Gasteiger partial charge is 0.0566 e. The fraction of sp³-hybridized carbons (Fsp3) is 1.00. The molecule has 0 bridgehead atoms. The van der Waals surface area contributed by atoms with Gasteiger partial charge in [-0.3, -0.25) is 0 Å². The molecule has 1 rings (SSSR count). The predicted molar refractivity (Wildman–Crippen MR) is 58.0 cm³/mol. The third-order valence-electron chi connectivity index (χ3n) is 2.81. The molecule has 0 aromatic heterocycles. The first-order valence-corrected chi connectivity index (χ1v) is 8.46. The Morgan fingerprint density at radius 3 is 2.46 bits per heavy atom. The van der Waals surface area contributed by atoms with E-state index in [1.54, 1.807) is 0 Å². The lowest BCUT2D eigenvalue weighted by atomic mass is 9.84. The van der Waals surface area contributed by atoms with E-state index in [-0.39, 0.29) is 0 Å². The summed E-state index contributed by atoms with van der Waals surface area (Å²) >= 11 is 0. The third kappa shape index (κ3) is 3.41. The summed E-state index contributed by atoms with van der Waals surface area (Å²) in [6.07, 6.45) is 1.19. The zero-order valence-corrected chi connectivity index (χ0v) is 10.3. The van der Waals surface area contributed by atoms with Crippen LogP contribution in [0.3, 0.4) is 0 Å². The van der Waals surface area contributed by atoms with E-state index in [9.17, 15) is 0 Å². The van der Waals surface area contributed by atoms with Crippen molar-refractivity contribution in [2.45, 2.75) is 32.5 Å². The fourth-order valence-corrected chi connectivity index (χ4v) is 2.03. The molecule has 1 saturated heterocycles. The van der Waals surface area contributed by atoms with Crippen LogP contribution in [-0.2, 0) is 9.47 Å². The van der Waals surface area contributed by atoms with Crippen molar-refractivity contribution in [3.63, 3.8) is 0 Å². The van der Waals surface area contributed by atoms with Crippen molar-refractivity contribution in [2.24, 2.45) is 5.41 Å². The number of hydrogen-bond acceptors (Lipinski definition) is 2. The van der Waals surface area contributed by atoms with Crippen molar-refractivity contribution >= 4 is 8.80 Å². The van der Waals surface area contributed by atoms with Crippen molar-refractivity contribution in [3.05, 3.63) is 0 Å². The molecule has 0 unspecified atom stereocenters. The van der Waals surface area contributed by atoms with Gasteiger partial charge < -0.3 is 9.47 Å². The highest BCUT2D eigenvalue weighted by molar-refractivity contribution is 6.55. The Balaban J connectivity index is 2.04. The molecule has 1 fully saturated rings. The van der Waals surface area contributed by atoms with Gasteiger partial charge in [-0.05, 0) is 12.5 Å². The van der Waals surface area contributed by atoms with Crippen LogP contribution in [0.1, 0.15) is 13.3 Å². The Hall–Kier alpha value is 0.137. The maximum absolute atomic E-state index is 5.70. The zero-order chi connectivity index (χ0) is 9.73. The molecule has 78 valence electrons. The summed E-state index contributed by atoms with van der Waals surface area (Å²) in [5.74, 6) is 0. The van der Waals surface area contributed by atoms with Crippen LogP contribution in [0.2, 0.25) is 19.1 Å². The van der Waals surface area contributed by atoms with E-state index in [1.165, 1.54) is 12.5 Å². The maximum atomic E-state index is 5.70. The topological polar surface area (TPSA) is 18.5 Å². The van der Waals surface area contributed by atoms with Gasteiger partial charge in [-0.2, -0.15) is 0 Å². The lowest BCUT2D eigenvalue weighted by Crippen LogP contribution is -2.45. The van der Waals surface area contributed by atoms with Crippen LogP contribution in [-0.4, -0.2) is 35.2 Å². The highest BCUT2D eigenvalue weighted by atomic mass is 28.3. The molecule has 0 aromatic carbocycles. The standard InChI is InChI=1S/C10H22O2Si/c1-4-10(8-12-9-10)7-11-5-6-13(2)3/h13H,4-9H2,1-3H3. The highest BCUT2D eigenvalue weighted by Gasteiger charge is 2.36. The average molecular weight is 202 g/mol. The minimum absolute atomic E-state index is 0.374. The minimum atomic E-state index is -0.412. The zero-order valence-electron chi connectivity index (χ0n) is 9.14. The van der Waals surface area contributed by atoms with Gasteiger partial charge in [0, 0.05) is 20.8 Å². The Morgan fingerprint density at radius 2 is 2.08 bits per heavy atom. The van der Waals surface area contributed by atoms with E-state index >= 15 is 0 Å². The number of rotatable bonds is 6. The van der Waals surface area contributed by atoms with Crippen LogP contribution >= 0.6 is 0 Å². The summed E-state index contributed by atoms with van der Waals surface area (Å²) in [6, 6.07) is 1.31. The summed E-state index contributed by atoms with van der Waals surface area (Å²) < 4.78 is 10.9. The molecule has 0 spiro atoms. The Bertz CT molecular complexity index is 138. The van der Waals surface area contributed by atoms with Gasteiger partial charge in [-0.25, -0.2) is 0 Å². The van der Waals surface area contributed by atoms with Crippen LogP contribution in [0.5, 0.6) is 0 Å². The van der Waals surface area contributed by atoms with E-state index in [4.69, 9.17) is 9.47 Å². The van der Waals surface area contributed by atoms with Crippen LogP contribution in [0.4, 0.5) is 0 Å². The molecule has 0 amide bonds. The van der Waals surface area contributed by atoms with E-state index in [0.717, 1.165) is 26.4 Å². The monoisotopic (exact) mass is 202 g/mol. The van der Waals surface area contributed by atoms with Gasteiger partial charge in [0.2, 0.25) is 0 Å². The van der Waals surface area contributed by atoms with Crippen molar-refractivity contribution in [1.82, 2.24) is 0 Å². The normalized spacial score (nSPS) is 20.3. The second-order valence-electron chi connectivity index (χ2n) is 4.58. The third-order valence-corrected chi connectivity index (χ3v) is 4.20. The van der Waals surface area contributed by atoms with Crippen molar-refractivity contribution in [1.29, 1.82) is 0 Å². The fourth-order valence-electron chi connectivity index (χ4n) is 1.39. The first-order chi connectivity index (χ1) is 6.18. The van der Waals surface area contributed by atoms with Crippen LogP contribution in [0.15, 0.2) is 0 Å². The molecule has 13 heavy (non-hydrogen) atoms. The van der Waals surface area contributed by atoms with Crippen molar-refractivity contribution in [2.75, 3.05) is 26.4 Å². The predicted octanol–water partition coefficient (Wildman–Crippen LogP) is 1.92. The Labute approximate surface area is 83.2 Å². The molecular formula is C10H22O2Si. The first-order valence-electron chi connectivity index (χ1n) is 5.34. The molecule has 0 aliphatic carbocycles. The molecule has 3 heteroatoms. The Morgan fingerprint density at radius 1 is 1.38 bits per heavy atom. The highest BCUT2D eigenvalue weighted by Crippen LogP contribution is 2.31. The molecule has 0 atom stereocenters. The van der Waals surface area contributed by atoms with Crippen LogP contribution in [0.25, 0.3) is 0 Å². The molecular weight excluding hydrogens is 180 g/mol. The van der Waals surface area contributed by atoms with Gasteiger partial charge >= 0.3 is 0 Å². The van der Waals surface area contributed by atoms with Gasteiger partial charge in [-0.15, -0.1) is 0 Å². The Kier molecular flexibility index (Phi) is 4.42. The molecule has 1 heterocycles. The number of hydrogen-bond donors (Lipinski definition) is 0. The van der Waals surface area contributed by atoms with E-state index in [1.807, 2.05) is 0 Å². The second kappa shape index (κ2) is 5.13. The van der Waals surface area contributed by atoms with Crippen molar-refractivity contribution in [3.8, 4) is 0 Å². The first kappa shape index (κ1) is 11.2. The summed E-state index contributed by atoms with van der Waals surface area (Å²) in [5, 5.41) is 0. The number of ether oxygens (including phenoxy) is 2. The summed E-state index contributed by atoms with van der Waals surface area (Å²) in [6.45, 7) is 10.6. The molecule has 1 aliphatic heterocycles. The van der Waals surface area contributed by atoms with Crippen LogP contribution < -0.4 is 0 Å². The summed E-state index contributed by atoms with van der Waals surface area (Å²) in [5.41, 5.74) is 0.374. The molecule has 1 aliphatic rings. The second-order valence-corrected chi connectivity index (χ2v) is 7.95. The van der Waals surface area contributed by atoms with E-state index in [0.29, 0.717) is 5.41 Å². The molecule has 0 N–H and O–H groups in total. The molecule has 2 nitrogen and oxygen atoms in total. The van der Waals surface area contributed by atoms with Gasteiger partial charge in [0.1, 0.15) is 0 Å².